The Morgan fingerprint density at radius 1 is 1.05 bits per heavy atom. The highest BCUT2D eigenvalue weighted by molar-refractivity contribution is 5.73. The van der Waals surface area contributed by atoms with Crippen molar-refractivity contribution in [3.05, 3.63) is 59.7 Å². The maximum atomic E-state index is 14.4. The molecule has 0 N–H and O–H groups in total. The first-order valence-electron chi connectivity index (χ1n) is 7.30. The van der Waals surface area contributed by atoms with Crippen molar-refractivity contribution >= 4 is 5.97 Å². The maximum absolute atomic E-state index is 14.4. The highest BCUT2D eigenvalue weighted by Gasteiger charge is 2.29. The predicted molar refractivity (Wildman–Crippen MR) is 79.0 cm³/mol. The third-order valence-corrected chi connectivity index (χ3v) is 4.03. The zero-order valence-electron chi connectivity index (χ0n) is 12.2. The SMILES string of the molecule is CC1CCC(c2ccc(-c3cccc(F)c3)cc2F)OC1=O. The van der Waals surface area contributed by atoms with Gasteiger partial charge in [-0.2, -0.15) is 0 Å². The van der Waals surface area contributed by atoms with Crippen LogP contribution in [0, 0.1) is 17.6 Å². The standard InChI is InChI=1S/C18H16F2O2/c1-11-5-8-17(22-18(11)21)15-7-6-13(10-16(15)20)12-3-2-4-14(19)9-12/h2-4,6-7,9-11,17H,5,8H2,1H3. The number of esters is 1. The van der Waals surface area contributed by atoms with E-state index in [2.05, 4.69) is 0 Å². The second-order valence-corrected chi connectivity index (χ2v) is 5.65. The van der Waals surface area contributed by atoms with Crippen molar-refractivity contribution in [2.24, 2.45) is 5.92 Å². The molecule has 0 bridgehead atoms. The lowest BCUT2D eigenvalue weighted by Gasteiger charge is -2.26. The van der Waals surface area contributed by atoms with Gasteiger partial charge in [0.15, 0.2) is 0 Å². The highest BCUT2D eigenvalue weighted by Crippen LogP contribution is 2.34. The van der Waals surface area contributed by atoms with Gasteiger partial charge in [-0.15, -0.1) is 0 Å². The molecule has 0 aliphatic carbocycles. The molecule has 2 aromatic carbocycles. The Balaban J connectivity index is 1.88. The van der Waals surface area contributed by atoms with Gasteiger partial charge < -0.3 is 4.74 Å². The molecule has 2 aromatic rings. The fourth-order valence-electron chi connectivity index (χ4n) is 2.69. The van der Waals surface area contributed by atoms with E-state index in [0.717, 1.165) is 0 Å². The second-order valence-electron chi connectivity index (χ2n) is 5.65. The predicted octanol–water partition coefficient (Wildman–Crippen LogP) is 4.65. The van der Waals surface area contributed by atoms with Crippen molar-refractivity contribution in [1.82, 2.24) is 0 Å². The molecule has 4 heteroatoms. The summed E-state index contributed by atoms with van der Waals surface area (Å²) in [7, 11) is 0. The Labute approximate surface area is 127 Å². The summed E-state index contributed by atoms with van der Waals surface area (Å²) in [6.07, 6.45) is 0.767. The van der Waals surface area contributed by atoms with Gasteiger partial charge in [0.25, 0.3) is 0 Å². The molecule has 114 valence electrons. The van der Waals surface area contributed by atoms with Gasteiger partial charge in [-0.3, -0.25) is 4.79 Å². The van der Waals surface area contributed by atoms with Crippen LogP contribution in [0.5, 0.6) is 0 Å². The number of cyclic esters (lactones) is 1. The van der Waals surface area contributed by atoms with Crippen LogP contribution in [-0.2, 0) is 9.53 Å². The zero-order chi connectivity index (χ0) is 15.7. The van der Waals surface area contributed by atoms with Crippen LogP contribution in [0.1, 0.15) is 31.4 Å². The van der Waals surface area contributed by atoms with Gasteiger partial charge in [0.2, 0.25) is 0 Å². The fourth-order valence-corrected chi connectivity index (χ4v) is 2.69. The smallest absolute Gasteiger partial charge is 0.309 e. The molecule has 3 rings (SSSR count). The van der Waals surface area contributed by atoms with Crippen LogP contribution in [0.4, 0.5) is 8.78 Å². The van der Waals surface area contributed by atoms with Crippen molar-refractivity contribution < 1.29 is 18.3 Å². The largest absolute Gasteiger partial charge is 0.457 e. The first kappa shape index (κ1) is 14.7. The molecule has 1 fully saturated rings. The van der Waals surface area contributed by atoms with Gasteiger partial charge in [0.1, 0.15) is 17.7 Å². The molecule has 2 atom stereocenters. The molecule has 0 saturated carbocycles. The maximum Gasteiger partial charge on any atom is 0.309 e. The average Bonchev–Trinajstić information content (AvgIpc) is 2.50. The quantitative estimate of drug-likeness (QED) is 0.755. The van der Waals surface area contributed by atoms with E-state index in [1.807, 2.05) is 6.92 Å². The number of benzene rings is 2. The van der Waals surface area contributed by atoms with Crippen LogP contribution in [0.25, 0.3) is 11.1 Å². The summed E-state index contributed by atoms with van der Waals surface area (Å²) in [5.41, 5.74) is 1.58. The topological polar surface area (TPSA) is 26.3 Å². The van der Waals surface area contributed by atoms with Crippen molar-refractivity contribution in [3.63, 3.8) is 0 Å². The minimum absolute atomic E-state index is 0.133. The van der Waals surface area contributed by atoms with Crippen LogP contribution >= 0.6 is 0 Å². The number of halogens is 2. The van der Waals surface area contributed by atoms with E-state index in [4.69, 9.17) is 4.74 Å². The van der Waals surface area contributed by atoms with E-state index in [1.165, 1.54) is 18.2 Å². The molecule has 0 spiro atoms. The molecule has 1 saturated heterocycles. The number of carbonyl (C=O) groups excluding carboxylic acids is 1. The van der Waals surface area contributed by atoms with Crippen LogP contribution in [0.3, 0.4) is 0 Å². The van der Waals surface area contributed by atoms with Gasteiger partial charge in [0.05, 0.1) is 5.92 Å². The normalized spacial score (nSPS) is 21.5. The average molecular weight is 302 g/mol. The van der Waals surface area contributed by atoms with Crippen LogP contribution in [0.15, 0.2) is 42.5 Å². The Morgan fingerprint density at radius 2 is 1.82 bits per heavy atom. The van der Waals surface area contributed by atoms with Gasteiger partial charge in [-0.05, 0) is 42.2 Å². The van der Waals surface area contributed by atoms with Gasteiger partial charge in [0, 0.05) is 5.56 Å². The monoisotopic (exact) mass is 302 g/mol. The minimum Gasteiger partial charge on any atom is -0.457 e. The summed E-state index contributed by atoms with van der Waals surface area (Å²) in [5, 5.41) is 0. The molecule has 0 amide bonds. The molecule has 1 aliphatic heterocycles. The summed E-state index contributed by atoms with van der Waals surface area (Å²) in [6.45, 7) is 1.81. The molecule has 2 nitrogen and oxygen atoms in total. The van der Waals surface area contributed by atoms with E-state index >= 15 is 0 Å². The van der Waals surface area contributed by atoms with E-state index < -0.39 is 11.9 Å². The Bertz CT molecular complexity index is 712. The van der Waals surface area contributed by atoms with Crippen molar-refractivity contribution in [1.29, 1.82) is 0 Å². The first-order chi connectivity index (χ1) is 10.5. The first-order valence-corrected chi connectivity index (χ1v) is 7.30. The van der Waals surface area contributed by atoms with Crippen molar-refractivity contribution in [2.75, 3.05) is 0 Å². The second kappa shape index (κ2) is 5.87. The summed E-state index contributed by atoms with van der Waals surface area (Å²) in [4.78, 5) is 11.6. The fraction of sp³-hybridized carbons (Fsp3) is 0.278. The Morgan fingerprint density at radius 3 is 2.50 bits per heavy atom. The van der Waals surface area contributed by atoms with Crippen LogP contribution in [-0.4, -0.2) is 5.97 Å². The molecule has 0 radical (unpaired) electrons. The number of ether oxygens (including phenoxy) is 1. The molecule has 2 unspecified atom stereocenters. The number of rotatable bonds is 2. The summed E-state index contributed by atoms with van der Waals surface area (Å²) < 4.78 is 32.9. The third-order valence-electron chi connectivity index (χ3n) is 4.03. The lowest BCUT2D eigenvalue weighted by Crippen LogP contribution is -2.25. The number of hydrogen-bond acceptors (Lipinski definition) is 2. The number of hydrogen-bond donors (Lipinski definition) is 0. The van der Waals surface area contributed by atoms with Gasteiger partial charge in [-0.1, -0.05) is 31.2 Å². The van der Waals surface area contributed by atoms with E-state index in [-0.39, 0.29) is 17.7 Å². The lowest BCUT2D eigenvalue weighted by molar-refractivity contribution is -0.160. The molecular formula is C18H16F2O2. The van der Waals surface area contributed by atoms with E-state index in [1.54, 1.807) is 24.3 Å². The van der Waals surface area contributed by atoms with E-state index in [9.17, 15) is 13.6 Å². The lowest BCUT2D eigenvalue weighted by atomic mass is 9.94. The van der Waals surface area contributed by atoms with Gasteiger partial charge >= 0.3 is 5.97 Å². The van der Waals surface area contributed by atoms with E-state index in [0.29, 0.717) is 29.5 Å². The zero-order valence-corrected chi connectivity index (χ0v) is 12.2. The Hall–Kier alpha value is -2.23. The van der Waals surface area contributed by atoms with Gasteiger partial charge in [-0.25, -0.2) is 8.78 Å². The molecular weight excluding hydrogens is 286 g/mol. The minimum atomic E-state index is -0.537. The van der Waals surface area contributed by atoms with Crippen molar-refractivity contribution in [2.45, 2.75) is 25.9 Å². The molecule has 1 aliphatic rings. The third kappa shape index (κ3) is 2.86. The summed E-state index contributed by atoms with van der Waals surface area (Å²) in [5.74, 6) is -1.22. The Kier molecular flexibility index (Phi) is 3.92. The summed E-state index contributed by atoms with van der Waals surface area (Å²) in [6, 6.07) is 10.7. The van der Waals surface area contributed by atoms with Crippen molar-refractivity contribution in [3.8, 4) is 11.1 Å². The molecule has 0 aromatic heterocycles. The summed E-state index contributed by atoms with van der Waals surface area (Å²) >= 11 is 0. The van der Waals surface area contributed by atoms with Crippen LogP contribution < -0.4 is 0 Å². The molecule has 1 heterocycles. The number of carbonyl (C=O) groups is 1. The van der Waals surface area contributed by atoms with Crippen LogP contribution in [0.2, 0.25) is 0 Å². The molecule has 22 heavy (non-hydrogen) atoms. The highest BCUT2D eigenvalue weighted by atomic mass is 19.1.